The maximum Gasteiger partial charge on any atom is 0.0992 e. The second kappa shape index (κ2) is 6.43. The topological polar surface area (TPSA) is 39.1 Å². The molecule has 0 bridgehead atoms. The van der Waals surface area contributed by atoms with Gasteiger partial charge in [0.1, 0.15) is 0 Å². The second-order valence-electron chi connectivity index (χ2n) is 5.22. The molecule has 112 valence electrons. The monoisotopic (exact) mass is 309 g/mol. The molecule has 1 atom stereocenters. The molecule has 0 amide bonds. The lowest BCUT2D eigenvalue weighted by atomic mass is 10.1. The van der Waals surface area contributed by atoms with E-state index in [9.17, 15) is 5.26 Å². The third kappa shape index (κ3) is 2.58. The Hall–Kier alpha value is -1.96. The SMILES string of the molecule is CCNC(CC)N1c2ccccc2Sc2ccc(C#N)cc21. The van der Waals surface area contributed by atoms with E-state index in [1.807, 2.05) is 12.1 Å². The van der Waals surface area contributed by atoms with Gasteiger partial charge >= 0.3 is 0 Å². The molecule has 3 nitrogen and oxygen atoms in total. The lowest BCUT2D eigenvalue weighted by Crippen LogP contribution is -2.43. The molecule has 0 fully saturated rings. The molecule has 0 aromatic heterocycles. The van der Waals surface area contributed by atoms with Crippen LogP contribution in [0.25, 0.3) is 0 Å². The van der Waals surface area contributed by atoms with Crippen molar-refractivity contribution < 1.29 is 0 Å². The van der Waals surface area contributed by atoms with Gasteiger partial charge in [0.15, 0.2) is 0 Å². The third-order valence-electron chi connectivity index (χ3n) is 3.83. The Morgan fingerprint density at radius 1 is 1.14 bits per heavy atom. The summed E-state index contributed by atoms with van der Waals surface area (Å²) in [7, 11) is 0. The summed E-state index contributed by atoms with van der Waals surface area (Å²) in [6, 6.07) is 16.7. The summed E-state index contributed by atoms with van der Waals surface area (Å²) in [4.78, 5) is 4.80. The van der Waals surface area contributed by atoms with Gasteiger partial charge in [-0.2, -0.15) is 5.26 Å². The maximum atomic E-state index is 9.23. The van der Waals surface area contributed by atoms with E-state index in [0.29, 0.717) is 5.56 Å². The fourth-order valence-corrected chi connectivity index (χ4v) is 3.89. The highest BCUT2D eigenvalue weighted by Gasteiger charge is 2.28. The first kappa shape index (κ1) is 15.0. The van der Waals surface area contributed by atoms with E-state index in [4.69, 9.17) is 0 Å². The normalized spacial score (nSPS) is 14.0. The van der Waals surface area contributed by atoms with Crippen LogP contribution in [0.3, 0.4) is 0 Å². The summed E-state index contributed by atoms with van der Waals surface area (Å²) in [5, 5.41) is 12.8. The Labute approximate surface area is 135 Å². The van der Waals surface area contributed by atoms with Gasteiger partial charge < -0.3 is 4.90 Å². The number of nitrogens with one attached hydrogen (secondary N) is 1. The number of rotatable bonds is 4. The Bertz CT molecular complexity index is 721. The van der Waals surface area contributed by atoms with Crippen molar-refractivity contribution >= 4 is 23.1 Å². The van der Waals surface area contributed by atoms with Crippen molar-refractivity contribution in [3.8, 4) is 6.07 Å². The number of benzene rings is 2. The van der Waals surface area contributed by atoms with E-state index in [1.54, 1.807) is 11.8 Å². The molecule has 2 aromatic carbocycles. The van der Waals surface area contributed by atoms with Crippen LogP contribution in [-0.4, -0.2) is 12.7 Å². The van der Waals surface area contributed by atoms with Crippen LogP contribution in [0.4, 0.5) is 11.4 Å². The van der Waals surface area contributed by atoms with Gasteiger partial charge in [0.25, 0.3) is 0 Å². The van der Waals surface area contributed by atoms with Gasteiger partial charge in [-0.05, 0) is 43.3 Å². The van der Waals surface area contributed by atoms with Crippen LogP contribution in [0.5, 0.6) is 0 Å². The van der Waals surface area contributed by atoms with Gasteiger partial charge in [-0.1, -0.05) is 37.7 Å². The minimum absolute atomic E-state index is 0.222. The van der Waals surface area contributed by atoms with Gasteiger partial charge in [-0.25, -0.2) is 0 Å². The van der Waals surface area contributed by atoms with Crippen LogP contribution in [0.15, 0.2) is 52.3 Å². The molecule has 1 heterocycles. The fourth-order valence-electron chi connectivity index (χ4n) is 2.84. The molecule has 0 aliphatic carbocycles. The van der Waals surface area contributed by atoms with Gasteiger partial charge in [-0.15, -0.1) is 0 Å². The van der Waals surface area contributed by atoms with E-state index >= 15 is 0 Å². The average Bonchev–Trinajstić information content (AvgIpc) is 2.57. The summed E-state index contributed by atoms with van der Waals surface area (Å²) in [6.45, 7) is 5.23. The molecule has 2 aromatic rings. The summed E-state index contributed by atoms with van der Waals surface area (Å²) < 4.78 is 0. The largest absolute Gasteiger partial charge is 0.323 e. The van der Waals surface area contributed by atoms with Gasteiger partial charge in [-0.3, -0.25) is 5.32 Å². The Balaban J connectivity index is 2.16. The first-order valence-electron chi connectivity index (χ1n) is 7.62. The van der Waals surface area contributed by atoms with Gasteiger partial charge in [0.2, 0.25) is 0 Å². The number of fused-ring (bicyclic) bond motifs is 2. The first-order chi connectivity index (χ1) is 10.8. The molecule has 0 saturated heterocycles. The molecule has 0 saturated carbocycles. The van der Waals surface area contributed by atoms with E-state index in [2.05, 4.69) is 60.5 Å². The van der Waals surface area contributed by atoms with Crippen LogP contribution in [-0.2, 0) is 0 Å². The lowest BCUT2D eigenvalue weighted by molar-refractivity contribution is 0.515. The third-order valence-corrected chi connectivity index (χ3v) is 4.96. The van der Waals surface area contributed by atoms with Gasteiger partial charge in [0.05, 0.1) is 29.2 Å². The number of hydrogen-bond acceptors (Lipinski definition) is 4. The van der Waals surface area contributed by atoms with Crippen molar-refractivity contribution in [1.82, 2.24) is 5.32 Å². The zero-order chi connectivity index (χ0) is 15.5. The van der Waals surface area contributed by atoms with Crippen molar-refractivity contribution in [1.29, 1.82) is 5.26 Å². The Morgan fingerprint density at radius 2 is 1.91 bits per heavy atom. The highest BCUT2D eigenvalue weighted by molar-refractivity contribution is 7.99. The number of anilines is 2. The molecular weight excluding hydrogens is 290 g/mol. The zero-order valence-electron chi connectivity index (χ0n) is 12.8. The van der Waals surface area contributed by atoms with E-state index in [-0.39, 0.29) is 6.17 Å². The van der Waals surface area contributed by atoms with Crippen molar-refractivity contribution in [3.05, 3.63) is 48.0 Å². The summed E-state index contributed by atoms with van der Waals surface area (Å²) in [6.07, 6.45) is 1.21. The van der Waals surface area contributed by atoms with E-state index in [0.717, 1.165) is 18.7 Å². The van der Waals surface area contributed by atoms with Crippen LogP contribution in [0.2, 0.25) is 0 Å². The van der Waals surface area contributed by atoms with Gasteiger partial charge in [0, 0.05) is 9.79 Å². The first-order valence-corrected chi connectivity index (χ1v) is 8.43. The average molecular weight is 309 g/mol. The van der Waals surface area contributed by atoms with Crippen molar-refractivity contribution in [3.63, 3.8) is 0 Å². The van der Waals surface area contributed by atoms with Crippen LogP contribution in [0.1, 0.15) is 25.8 Å². The van der Waals surface area contributed by atoms with Crippen LogP contribution in [0, 0.1) is 11.3 Å². The predicted octanol–water partition coefficient (Wildman–Crippen LogP) is 4.51. The smallest absolute Gasteiger partial charge is 0.0992 e. The molecule has 1 aliphatic heterocycles. The molecule has 1 N–H and O–H groups in total. The van der Waals surface area contributed by atoms with Crippen LogP contribution < -0.4 is 10.2 Å². The summed E-state index contributed by atoms with van der Waals surface area (Å²) in [5.74, 6) is 0. The number of nitriles is 1. The van der Waals surface area contributed by atoms with E-state index < -0.39 is 0 Å². The maximum absolute atomic E-state index is 9.23. The van der Waals surface area contributed by atoms with Crippen LogP contribution >= 0.6 is 11.8 Å². The highest BCUT2D eigenvalue weighted by atomic mass is 32.2. The van der Waals surface area contributed by atoms with E-state index in [1.165, 1.54) is 15.5 Å². The minimum atomic E-state index is 0.222. The molecule has 3 rings (SSSR count). The molecule has 1 aliphatic rings. The molecular formula is C18H19N3S. The number of nitrogens with zero attached hydrogens (tertiary/aromatic N) is 2. The standard InChI is InChI=1S/C18H19N3S/c1-3-18(20-4-2)21-14-7-5-6-8-16(14)22-17-10-9-13(12-19)11-15(17)21/h5-11,18,20H,3-4H2,1-2H3. The lowest BCUT2D eigenvalue weighted by Gasteiger charge is -2.38. The number of hydrogen-bond donors (Lipinski definition) is 1. The van der Waals surface area contributed by atoms with Crippen molar-refractivity contribution in [2.24, 2.45) is 0 Å². The predicted molar refractivity (Wildman–Crippen MR) is 91.6 cm³/mol. The van der Waals surface area contributed by atoms with Crippen molar-refractivity contribution in [2.75, 3.05) is 11.4 Å². The molecule has 0 spiro atoms. The Morgan fingerprint density at radius 3 is 2.64 bits per heavy atom. The zero-order valence-corrected chi connectivity index (χ0v) is 13.7. The highest BCUT2D eigenvalue weighted by Crippen LogP contribution is 2.49. The quantitative estimate of drug-likeness (QED) is 0.902. The molecule has 4 heteroatoms. The minimum Gasteiger partial charge on any atom is -0.323 e. The molecule has 1 unspecified atom stereocenters. The second-order valence-corrected chi connectivity index (χ2v) is 6.30. The molecule has 0 radical (unpaired) electrons. The Kier molecular flexibility index (Phi) is 4.37. The number of para-hydroxylation sites is 1. The van der Waals surface area contributed by atoms with Crippen molar-refractivity contribution in [2.45, 2.75) is 36.2 Å². The summed E-state index contributed by atoms with van der Waals surface area (Å²) in [5.41, 5.74) is 3.04. The molecule has 22 heavy (non-hydrogen) atoms. The summed E-state index contributed by atoms with van der Waals surface area (Å²) >= 11 is 1.77. The fraction of sp³-hybridized carbons (Fsp3) is 0.278.